The van der Waals surface area contributed by atoms with Crippen molar-refractivity contribution in [1.29, 1.82) is 0 Å². The van der Waals surface area contributed by atoms with Gasteiger partial charge in [0.2, 0.25) is 0 Å². The highest BCUT2D eigenvalue weighted by molar-refractivity contribution is 6.01. The summed E-state index contributed by atoms with van der Waals surface area (Å²) in [6.45, 7) is 4.39. The molecule has 0 aromatic heterocycles. The first-order valence-corrected chi connectivity index (χ1v) is 7.11. The maximum atomic E-state index is 13.6. The summed E-state index contributed by atoms with van der Waals surface area (Å²) in [5.41, 5.74) is 0.602. The zero-order valence-electron chi connectivity index (χ0n) is 13.6. The minimum atomic E-state index is -1.64. The van der Waals surface area contributed by atoms with E-state index in [1.807, 2.05) is 0 Å². The van der Waals surface area contributed by atoms with E-state index < -0.39 is 35.1 Å². The van der Waals surface area contributed by atoms with Crippen LogP contribution in [0.3, 0.4) is 0 Å². The quantitative estimate of drug-likeness (QED) is 0.858. The van der Waals surface area contributed by atoms with Crippen molar-refractivity contribution < 1.29 is 27.9 Å². The number of hydrogen-bond donors (Lipinski definition) is 1. The van der Waals surface area contributed by atoms with Crippen molar-refractivity contribution in [2.75, 3.05) is 7.05 Å². The maximum Gasteiger partial charge on any atom is 0.334 e. The predicted octanol–water partition coefficient (Wildman–Crippen LogP) is 3.35. The Morgan fingerprint density at radius 1 is 1.04 bits per heavy atom. The molecule has 1 aliphatic rings. The fourth-order valence-corrected chi connectivity index (χ4v) is 2.99. The van der Waals surface area contributed by atoms with E-state index in [4.69, 9.17) is 0 Å². The number of nitrogens with zero attached hydrogens (tertiary/aromatic N) is 1. The number of ketones is 1. The number of allylic oxidation sites excluding steroid dienone is 3. The van der Waals surface area contributed by atoms with Crippen LogP contribution in [0.5, 0.6) is 0 Å². The summed E-state index contributed by atoms with van der Waals surface area (Å²) in [6.07, 6.45) is 0. The third kappa shape index (κ3) is 2.70. The van der Waals surface area contributed by atoms with Crippen LogP contribution in [0.15, 0.2) is 34.7 Å². The summed E-state index contributed by atoms with van der Waals surface area (Å²) < 4.78 is 40.5. The lowest BCUT2D eigenvalue weighted by atomic mass is 9.78. The Balaban J connectivity index is 2.83. The molecule has 1 N–H and O–H groups in total. The van der Waals surface area contributed by atoms with E-state index >= 15 is 0 Å². The molecule has 1 aliphatic heterocycles. The number of carboxylic acids is 1. The number of carboxylic acid groups (broad SMARTS) is 1. The van der Waals surface area contributed by atoms with Crippen molar-refractivity contribution in [3.05, 3.63) is 57.7 Å². The normalized spacial score (nSPS) is 18.3. The molecule has 1 aromatic rings. The van der Waals surface area contributed by atoms with Crippen LogP contribution < -0.4 is 0 Å². The van der Waals surface area contributed by atoms with E-state index in [9.17, 15) is 27.9 Å². The van der Waals surface area contributed by atoms with Crippen molar-refractivity contribution >= 4 is 11.8 Å². The van der Waals surface area contributed by atoms with Gasteiger partial charge in [-0.05, 0) is 38.5 Å². The smallest absolute Gasteiger partial charge is 0.334 e. The van der Waals surface area contributed by atoms with Crippen molar-refractivity contribution in [3.63, 3.8) is 0 Å². The SMILES string of the molecule is CC(=O)C1=C(C)N(C)C(C)=C(C(=O)O)C1c1cc(F)c(F)c(F)c1. The number of carbonyl (C=O) groups is 2. The third-order valence-corrected chi connectivity index (χ3v) is 4.31. The Morgan fingerprint density at radius 3 is 1.92 bits per heavy atom. The van der Waals surface area contributed by atoms with Gasteiger partial charge in [0.15, 0.2) is 23.2 Å². The largest absolute Gasteiger partial charge is 0.478 e. The second kappa shape index (κ2) is 6.14. The molecule has 1 unspecified atom stereocenters. The molecule has 0 radical (unpaired) electrons. The lowest BCUT2D eigenvalue weighted by Crippen LogP contribution is -2.31. The van der Waals surface area contributed by atoms with Crippen LogP contribution in [0.2, 0.25) is 0 Å². The summed E-state index contributed by atoms with van der Waals surface area (Å²) >= 11 is 0. The summed E-state index contributed by atoms with van der Waals surface area (Å²) in [5, 5.41) is 9.56. The molecule has 2 rings (SSSR count). The molecule has 0 aliphatic carbocycles. The first-order valence-electron chi connectivity index (χ1n) is 7.11. The number of aliphatic carboxylic acids is 1. The second-order valence-electron chi connectivity index (χ2n) is 5.65. The van der Waals surface area contributed by atoms with Gasteiger partial charge in [0.25, 0.3) is 0 Å². The molecule has 1 aromatic carbocycles. The molecule has 1 heterocycles. The number of Topliss-reactive ketones (excluding diaryl/α,β-unsaturated/α-hetero) is 1. The van der Waals surface area contributed by atoms with Gasteiger partial charge in [0, 0.05) is 29.9 Å². The fourth-order valence-electron chi connectivity index (χ4n) is 2.99. The molecule has 0 amide bonds. The minimum absolute atomic E-state index is 0.103. The number of halogens is 3. The topological polar surface area (TPSA) is 57.6 Å². The van der Waals surface area contributed by atoms with E-state index in [1.165, 1.54) is 18.7 Å². The average Bonchev–Trinajstić information content (AvgIpc) is 2.48. The van der Waals surface area contributed by atoms with Gasteiger partial charge < -0.3 is 10.0 Å². The molecular weight excluding hydrogens is 323 g/mol. The summed E-state index contributed by atoms with van der Waals surface area (Å²) in [5.74, 6) is -7.45. The minimum Gasteiger partial charge on any atom is -0.478 e. The van der Waals surface area contributed by atoms with Crippen LogP contribution in [0, 0.1) is 17.5 Å². The van der Waals surface area contributed by atoms with E-state index in [2.05, 4.69) is 0 Å². The van der Waals surface area contributed by atoms with Crippen LogP contribution in [0.1, 0.15) is 32.3 Å². The van der Waals surface area contributed by atoms with E-state index in [0.29, 0.717) is 11.4 Å². The molecule has 0 bridgehead atoms. The number of hydrogen-bond acceptors (Lipinski definition) is 3. The fraction of sp³-hybridized carbons (Fsp3) is 0.294. The van der Waals surface area contributed by atoms with Crippen LogP contribution in [-0.4, -0.2) is 28.8 Å². The first kappa shape index (κ1) is 17.8. The Morgan fingerprint density at radius 2 is 1.50 bits per heavy atom. The van der Waals surface area contributed by atoms with Gasteiger partial charge in [-0.1, -0.05) is 0 Å². The van der Waals surface area contributed by atoms with Crippen LogP contribution in [0.25, 0.3) is 0 Å². The molecule has 0 saturated heterocycles. The lowest BCUT2D eigenvalue weighted by molar-refractivity contribution is -0.133. The average molecular weight is 339 g/mol. The van der Waals surface area contributed by atoms with Gasteiger partial charge in [-0.25, -0.2) is 18.0 Å². The van der Waals surface area contributed by atoms with Gasteiger partial charge in [0.05, 0.1) is 5.57 Å². The number of rotatable bonds is 3. The first-order chi connectivity index (χ1) is 11.1. The summed E-state index contributed by atoms with van der Waals surface area (Å²) in [6, 6.07) is 1.45. The second-order valence-corrected chi connectivity index (χ2v) is 5.65. The van der Waals surface area contributed by atoms with Crippen molar-refractivity contribution in [2.45, 2.75) is 26.7 Å². The maximum absolute atomic E-state index is 13.6. The highest BCUT2D eigenvalue weighted by atomic mass is 19.2. The zero-order valence-corrected chi connectivity index (χ0v) is 13.6. The molecule has 128 valence electrons. The Labute approximate surface area is 136 Å². The molecule has 24 heavy (non-hydrogen) atoms. The molecule has 4 nitrogen and oxygen atoms in total. The van der Waals surface area contributed by atoms with E-state index in [-0.39, 0.29) is 16.7 Å². The number of carbonyl (C=O) groups excluding carboxylic acids is 1. The van der Waals surface area contributed by atoms with E-state index in [1.54, 1.807) is 14.0 Å². The van der Waals surface area contributed by atoms with Crippen molar-refractivity contribution in [1.82, 2.24) is 4.90 Å². The molecule has 7 heteroatoms. The standard InChI is InChI=1S/C17H16F3NO3/c1-7-13(9(3)22)15(14(17(23)24)8(2)21(7)4)10-5-11(18)16(20)12(19)6-10/h5-6,15H,1-4H3,(H,23,24). The Bertz CT molecular complexity index is 750. The Kier molecular flexibility index (Phi) is 4.55. The highest BCUT2D eigenvalue weighted by Crippen LogP contribution is 2.42. The summed E-state index contributed by atoms with van der Waals surface area (Å²) in [4.78, 5) is 25.3. The van der Waals surface area contributed by atoms with Crippen LogP contribution in [-0.2, 0) is 9.59 Å². The van der Waals surface area contributed by atoms with Gasteiger partial charge >= 0.3 is 5.97 Å². The Hall–Kier alpha value is -2.57. The highest BCUT2D eigenvalue weighted by Gasteiger charge is 2.37. The van der Waals surface area contributed by atoms with Crippen molar-refractivity contribution in [2.24, 2.45) is 0 Å². The van der Waals surface area contributed by atoms with Gasteiger partial charge in [-0.2, -0.15) is 0 Å². The summed E-state index contributed by atoms with van der Waals surface area (Å²) in [7, 11) is 1.60. The third-order valence-electron chi connectivity index (χ3n) is 4.31. The molecule has 0 spiro atoms. The number of benzene rings is 1. The van der Waals surface area contributed by atoms with Crippen molar-refractivity contribution in [3.8, 4) is 0 Å². The van der Waals surface area contributed by atoms with E-state index in [0.717, 1.165) is 12.1 Å². The molecule has 1 atom stereocenters. The molecule has 0 saturated carbocycles. The molecule has 0 fully saturated rings. The molecular formula is C17H16F3NO3. The van der Waals surface area contributed by atoms with Crippen LogP contribution in [0.4, 0.5) is 13.2 Å². The predicted molar refractivity (Wildman–Crippen MR) is 80.5 cm³/mol. The lowest BCUT2D eigenvalue weighted by Gasteiger charge is -2.35. The monoisotopic (exact) mass is 339 g/mol. The van der Waals surface area contributed by atoms with Gasteiger partial charge in [0.1, 0.15) is 0 Å². The van der Waals surface area contributed by atoms with Gasteiger partial charge in [-0.15, -0.1) is 0 Å². The zero-order chi connectivity index (χ0) is 18.3. The van der Waals surface area contributed by atoms with Crippen LogP contribution >= 0.6 is 0 Å². The van der Waals surface area contributed by atoms with Gasteiger partial charge in [-0.3, -0.25) is 4.79 Å².